The summed E-state index contributed by atoms with van der Waals surface area (Å²) in [6, 6.07) is 1.81. The average Bonchev–Trinajstić information content (AvgIpc) is 2.57. The number of carbonyl (C=O) groups is 1. The zero-order chi connectivity index (χ0) is 11.7. The van der Waals surface area contributed by atoms with E-state index in [9.17, 15) is 4.79 Å². The second-order valence-electron chi connectivity index (χ2n) is 3.82. The van der Waals surface area contributed by atoms with Gasteiger partial charge >= 0.3 is 0 Å². The molecule has 0 radical (unpaired) electrons. The van der Waals surface area contributed by atoms with Gasteiger partial charge in [0.25, 0.3) is 0 Å². The van der Waals surface area contributed by atoms with Gasteiger partial charge in [-0.3, -0.25) is 4.79 Å². The smallest absolute Gasteiger partial charge is 0.228 e. The molecule has 0 aromatic carbocycles. The van der Waals surface area contributed by atoms with Gasteiger partial charge in [-0.1, -0.05) is 0 Å². The van der Waals surface area contributed by atoms with E-state index in [1.807, 2.05) is 13.0 Å². The number of hydrogen-bond donors (Lipinski definition) is 0. The van der Waals surface area contributed by atoms with Crippen LogP contribution in [0, 0.1) is 6.92 Å². The van der Waals surface area contributed by atoms with Crippen LogP contribution in [0.1, 0.15) is 12.0 Å². The Kier molecular flexibility index (Phi) is 3.01. The maximum Gasteiger partial charge on any atom is 0.228 e. The Morgan fingerprint density at radius 2 is 2.38 bits per heavy atom. The summed E-state index contributed by atoms with van der Waals surface area (Å²) < 4.78 is 5.02. The van der Waals surface area contributed by atoms with Gasteiger partial charge in [0.15, 0.2) is 0 Å². The molecule has 1 fully saturated rings. The molecule has 1 amide bonds. The maximum atomic E-state index is 11.7. The van der Waals surface area contributed by atoms with E-state index < -0.39 is 0 Å². The van der Waals surface area contributed by atoms with Crippen molar-refractivity contribution < 1.29 is 9.53 Å². The molecule has 86 valence electrons. The second kappa shape index (κ2) is 4.29. The zero-order valence-electron chi connectivity index (χ0n) is 9.24. The first-order chi connectivity index (χ1) is 7.61. The minimum atomic E-state index is -0.103. The summed E-state index contributed by atoms with van der Waals surface area (Å²) in [5.74, 6) is 0.602. The minimum absolute atomic E-state index is 0.0510. The van der Waals surface area contributed by atoms with Crippen LogP contribution in [0.4, 0.5) is 5.69 Å². The van der Waals surface area contributed by atoms with Gasteiger partial charge in [0.1, 0.15) is 0 Å². The van der Waals surface area contributed by atoms with Crippen molar-refractivity contribution in [3.05, 3.63) is 17.8 Å². The molecule has 4 nitrogen and oxygen atoms in total. The highest BCUT2D eigenvalue weighted by molar-refractivity contribution is 6.24. The number of hydrogen-bond acceptors (Lipinski definition) is 3. The Morgan fingerprint density at radius 1 is 1.62 bits per heavy atom. The normalized spacial score (nSPS) is 20.3. The van der Waals surface area contributed by atoms with Crippen LogP contribution in [0.25, 0.3) is 0 Å². The Bertz CT molecular complexity index is 422. The van der Waals surface area contributed by atoms with Crippen LogP contribution >= 0.6 is 11.6 Å². The number of aryl methyl sites for hydroxylation is 1. The van der Waals surface area contributed by atoms with Crippen molar-refractivity contribution in [1.29, 1.82) is 0 Å². The van der Waals surface area contributed by atoms with Gasteiger partial charge in [-0.2, -0.15) is 0 Å². The van der Waals surface area contributed by atoms with E-state index in [0.717, 1.165) is 11.3 Å². The molecule has 0 aliphatic carbocycles. The molecular weight excluding hydrogens is 228 g/mol. The second-order valence-corrected chi connectivity index (χ2v) is 4.44. The average molecular weight is 241 g/mol. The number of amides is 1. The highest BCUT2D eigenvalue weighted by Gasteiger charge is 2.30. The lowest BCUT2D eigenvalue weighted by Crippen LogP contribution is -2.25. The van der Waals surface area contributed by atoms with E-state index in [2.05, 4.69) is 4.98 Å². The molecule has 2 rings (SSSR count). The third-order valence-corrected chi connectivity index (χ3v) is 2.93. The largest absolute Gasteiger partial charge is 0.481 e. The fraction of sp³-hybridized carbons (Fsp3) is 0.455. The number of nitrogens with zero attached hydrogens (tertiary/aromatic N) is 2. The standard InChI is InChI=1S/C11H13ClN2O2/c1-7-3-10(16-2)13-5-9(7)14-6-8(12)4-11(14)15/h3,5,8H,4,6H2,1-2H3. The zero-order valence-corrected chi connectivity index (χ0v) is 9.99. The number of rotatable bonds is 2. The highest BCUT2D eigenvalue weighted by Crippen LogP contribution is 2.28. The summed E-state index contributed by atoms with van der Waals surface area (Å²) in [5, 5.41) is -0.103. The number of carbonyl (C=O) groups excluding carboxylic acids is 1. The number of aromatic nitrogens is 1. The minimum Gasteiger partial charge on any atom is -0.481 e. The van der Waals surface area contributed by atoms with Crippen LogP contribution in [-0.2, 0) is 4.79 Å². The van der Waals surface area contributed by atoms with Gasteiger partial charge < -0.3 is 9.64 Å². The van der Waals surface area contributed by atoms with Crippen molar-refractivity contribution in [2.45, 2.75) is 18.7 Å². The molecule has 1 saturated heterocycles. The number of ether oxygens (including phenoxy) is 1. The Morgan fingerprint density at radius 3 is 2.88 bits per heavy atom. The summed E-state index contributed by atoms with van der Waals surface area (Å²) in [5.41, 5.74) is 1.78. The molecule has 0 bridgehead atoms. The van der Waals surface area contributed by atoms with Crippen LogP contribution in [0.2, 0.25) is 0 Å². The van der Waals surface area contributed by atoms with Gasteiger partial charge in [-0.15, -0.1) is 11.6 Å². The lowest BCUT2D eigenvalue weighted by Gasteiger charge is -2.18. The molecule has 5 heteroatoms. The molecule has 1 aliphatic heterocycles. The van der Waals surface area contributed by atoms with Crippen molar-refractivity contribution >= 4 is 23.2 Å². The molecular formula is C11H13ClN2O2. The topological polar surface area (TPSA) is 42.4 Å². The van der Waals surface area contributed by atoms with Crippen LogP contribution < -0.4 is 9.64 Å². The van der Waals surface area contributed by atoms with Crippen molar-refractivity contribution in [1.82, 2.24) is 4.98 Å². The predicted octanol–water partition coefficient (Wildman–Crippen LogP) is 1.74. The SMILES string of the molecule is COc1cc(C)c(N2CC(Cl)CC2=O)cn1. The number of halogens is 1. The first kappa shape index (κ1) is 11.2. The Balaban J connectivity index is 2.30. The Labute approximate surface area is 99.2 Å². The number of methoxy groups -OCH3 is 1. The summed E-state index contributed by atoms with van der Waals surface area (Å²) in [7, 11) is 1.57. The van der Waals surface area contributed by atoms with E-state index >= 15 is 0 Å². The molecule has 1 unspecified atom stereocenters. The molecule has 1 atom stereocenters. The van der Waals surface area contributed by atoms with E-state index in [1.54, 1.807) is 18.2 Å². The van der Waals surface area contributed by atoms with Gasteiger partial charge in [-0.05, 0) is 12.5 Å². The van der Waals surface area contributed by atoms with E-state index in [-0.39, 0.29) is 11.3 Å². The third kappa shape index (κ3) is 1.97. The predicted molar refractivity (Wildman–Crippen MR) is 62.1 cm³/mol. The number of alkyl halides is 1. The van der Waals surface area contributed by atoms with Crippen LogP contribution in [-0.4, -0.2) is 29.9 Å². The lowest BCUT2D eigenvalue weighted by molar-refractivity contribution is -0.117. The molecule has 16 heavy (non-hydrogen) atoms. The monoisotopic (exact) mass is 240 g/mol. The maximum absolute atomic E-state index is 11.7. The van der Waals surface area contributed by atoms with Crippen molar-refractivity contribution in [2.24, 2.45) is 0 Å². The quantitative estimate of drug-likeness (QED) is 0.740. The summed E-state index contributed by atoms with van der Waals surface area (Å²) in [6.45, 7) is 2.48. The van der Waals surface area contributed by atoms with Crippen molar-refractivity contribution in [2.75, 3.05) is 18.6 Å². The van der Waals surface area contributed by atoms with Crippen molar-refractivity contribution in [3.8, 4) is 5.88 Å². The summed E-state index contributed by atoms with van der Waals surface area (Å²) in [6.07, 6.45) is 2.05. The lowest BCUT2D eigenvalue weighted by atomic mass is 10.2. The van der Waals surface area contributed by atoms with Crippen LogP contribution in [0.5, 0.6) is 5.88 Å². The fourth-order valence-corrected chi connectivity index (χ4v) is 2.08. The molecule has 0 spiro atoms. The molecule has 2 heterocycles. The van der Waals surface area contributed by atoms with Crippen LogP contribution in [0.15, 0.2) is 12.3 Å². The summed E-state index contributed by atoms with van der Waals surface area (Å²) in [4.78, 5) is 17.5. The van der Waals surface area contributed by atoms with E-state index in [4.69, 9.17) is 16.3 Å². The number of anilines is 1. The summed E-state index contributed by atoms with van der Waals surface area (Å²) >= 11 is 5.95. The van der Waals surface area contributed by atoms with Gasteiger partial charge in [0.2, 0.25) is 11.8 Å². The fourth-order valence-electron chi connectivity index (χ4n) is 1.81. The van der Waals surface area contributed by atoms with E-state index in [0.29, 0.717) is 18.8 Å². The van der Waals surface area contributed by atoms with Gasteiger partial charge in [0.05, 0.1) is 24.4 Å². The first-order valence-corrected chi connectivity index (χ1v) is 5.50. The Hall–Kier alpha value is -1.29. The molecule has 1 aliphatic rings. The number of pyridine rings is 1. The highest BCUT2D eigenvalue weighted by atomic mass is 35.5. The molecule has 1 aromatic rings. The molecule has 0 N–H and O–H groups in total. The van der Waals surface area contributed by atoms with Crippen molar-refractivity contribution in [3.63, 3.8) is 0 Å². The third-order valence-electron chi connectivity index (χ3n) is 2.64. The van der Waals surface area contributed by atoms with E-state index in [1.165, 1.54) is 0 Å². The molecule has 0 saturated carbocycles. The van der Waals surface area contributed by atoms with Gasteiger partial charge in [0, 0.05) is 19.0 Å². The van der Waals surface area contributed by atoms with Gasteiger partial charge in [-0.25, -0.2) is 4.98 Å². The first-order valence-electron chi connectivity index (χ1n) is 5.07. The molecule has 1 aromatic heterocycles. The van der Waals surface area contributed by atoms with Crippen LogP contribution in [0.3, 0.4) is 0 Å².